The third-order valence-electron chi connectivity index (χ3n) is 5.04. The lowest BCUT2D eigenvalue weighted by molar-refractivity contribution is 0.180. The Labute approximate surface area is 120 Å². The number of hydrogen-bond donors (Lipinski definition) is 2. The molecule has 2 saturated heterocycles. The van der Waals surface area contributed by atoms with Crippen molar-refractivity contribution in [1.82, 2.24) is 15.2 Å². The van der Waals surface area contributed by atoms with Crippen molar-refractivity contribution in [3.8, 4) is 0 Å². The molecule has 1 aromatic carbocycles. The predicted molar refractivity (Wildman–Crippen MR) is 82.8 cm³/mol. The summed E-state index contributed by atoms with van der Waals surface area (Å²) >= 11 is 0. The summed E-state index contributed by atoms with van der Waals surface area (Å²) in [6.45, 7) is 3.60. The van der Waals surface area contributed by atoms with Crippen LogP contribution in [0.1, 0.15) is 31.2 Å². The molecule has 2 unspecified atom stereocenters. The third kappa shape index (κ3) is 2.25. The van der Waals surface area contributed by atoms with Gasteiger partial charge >= 0.3 is 0 Å². The zero-order chi connectivity index (χ0) is 13.4. The summed E-state index contributed by atoms with van der Waals surface area (Å²) in [4.78, 5) is 5.95. The zero-order valence-electron chi connectivity index (χ0n) is 11.9. The fourth-order valence-electron chi connectivity index (χ4n) is 3.95. The Kier molecular flexibility index (Phi) is 3.25. The largest absolute Gasteiger partial charge is 0.361 e. The van der Waals surface area contributed by atoms with E-state index in [0.29, 0.717) is 6.04 Å². The Morgan fingerprint density at radius 2 is 2.15 bits per heavy atom. The van der Waals surface area contributed by atoms with Crippen LogP contribution in [-0.4, -0.2) is 35.1 Å². The van der Waals surface area contributed by atoms with Gasteiger partial charge in [0.2, 0.25) is 0 Å². The van der Waals surface area contributed by atoms with Crippen LogP contribution in [0.2, 0.25) is 0 Å². The van der Waals surface area contributed by atoms with Crippen molar-refractivity contribution in [2.24, 2.45) is 0 Å². The third-order valence-corrected chi connectivity index (χ3v) is 5.04. The first-order valence-corrected chi connectivity index (χ1v) is 7.93. The smallest absolute Gasteiger partial charge is 0.0454 e. The highest BCUT2D eigenvalue weighted by atomic mass is 15.2. The summed E-state index contributed by atoms with van der Waals surface area (Å²) in [5.74, 6) is 0. The molecule has 2 aliphatic rings. The summed E-state index contributed by atoms with van der Waals surface area (Å²) in [6, 6.07) is 10.4. The van der Waals surface area contributed by atoms with Gasteiger partial charge in [0.25, 0.3) is 0 Å². The molecule has 0 amide bonds. The highest BCUT2D eigenvalue weighted by Crippen LogP contribution is 2.27. The van der Waals surface area contributed by atoms with Crippen LogP contribution in [0.15, 0.2) is 30.5 Å². The van der Waals surface area contributed by atoms with Gasteiger partial charge in [-0.15, -0.1) is 0 Å². The molecule has 2 N–H and O–H groups in total. The highest BCUT2D eigenvalue weighted by Gasteiger charge is 2.34. The van der Waals surface area contributed by atoms with Gasteiger partial charge in [-0.05, 0) is 55.0 Å². The number of fused-ring (bicyclic) bond motifs is 2. The van der Waals surface area contributed by atoms with Crippen LogP contribution >= 0.6 is 0 Å². The quantitative estimate of drug-likeness (QED) is 0.897. The van der Waals surface area contributed by atoms with E-state index in [1.165, 1.54) is 55.2 Å². The van der Waals surface area contributed by atoms with Gasteiger partial charge in [0, 0.05) is 36.9 Å². The number of nitrogens with one attached hydrogen (secondary N) is 2. The van der Waals surface area contributed by atoms with E-state index in [9.17, 15) is 0 Å². The summed E-state index contributed by atoms with van der Waals surface area (Å²) < 4.78 is 0. The van der Waals surface area contributed by atoms with Crippen LogP contribution in [0.4, 0.5) is 0 Å². The molecule has 106 valence electrons. The molecule has 2 aliphatic heterocycles. The number of hydrogen-bond acceptors (Lipinski definition) is 2. The fraction of sp³-hybridized carbons (Fsp3) is 0.529. The van der Waals surface area contributed by atoms with Crippen LogP contribution in [0, 0.1) is 0 Å². The van der Waals surface area contributed by atoms with E-state index in [2.05, 4.69) is 39.5 Å². The summed E-state index contributed by atoms with van der Waals surface area (Å²) in [6.07, 6.45) is 7.52. The Bertz CT molecular complexity index is 589. The first-order valence-electron chi connectivity index (χ1n) is 7.93. The first kappa shape index (κ1) is 12.4. The van der Waals surface area contributed by atoms with Gasteiger partial charge in [0.15, 0.2) is 0 Å². The molecule has 0 spiro atoms. The minimum absolute atomic E-state index is 0.692. The standard InChI is InChI=1S/C17H23N3/c1-2-9-20-10-7-16(17(20)3-1)19-12-13-4-5-15-14(11-13)6-8-18-15/h4-6,8,11,16-19H,1-3,7,9-10,12H2. The second-order valence-corrected chi connectivity index (χ2v) is 6.27. The molecule has 3 heteroatoms. The van der Waals surface area contributed by atoms with E-state index >= 15 is 0 Å². The number of nitrogens with zero attached hydrogens (tertiary/aromatic N) is 1. The molecule has 3 nitrogen and oxygen atoms in total. The van der Waals surface area contributed by atoms with E-state index in [-0.39, 0.29) is 0 Å². The number of benzene rings is 1. The normalized spacial score (nSPS) is 27.0. The van der Waals surface area contributed by atoms with E-state index in [4.69, 9.17) is 0 Å². The van der Waals surface area contributed by atoms with Crippen LogP contribution in [0.3, 0.4) is 0 Å². The van der Waals surface area contributed by atoms with Crippen LogP contribution in [0.5, 0.6) is 0 Å². The van der Waals surface area contributed by atoms with Gasteiger partial charge in [0.1, 0.15) is 0 Å². The van der Waals surface area contributed by atoms with Crippen LogP contribution in [-0.2, 0) is 6.54 Å². The topological polar surface area (TPSA) is 31.1 Å². The van der Waals surface area contributed by atoms with E-state index in [0.717, 1.165) is 12.6 Å². The van der Waals surface area contributed by atoms with Crippen molar-refractivity contribution in [2.45, 2.75) is 44.3 Å². The molecule has 4 rings (SSSR count). The number of aromatic nitrogens is 1. The fourth-order valence-corrected chi connectivity index (χ4v) is 3.95. The van der Waals surface area contributed by atoms with Crippen LogP contribution in [0.25, 0.3) is 10.9 Å². The minimum atomic E-state index is 0.692. The summed E-state index contributed by atoms with van der Waals surface area (Å²) in [7, 11) is 0. The van der Waals surface area contributed by atoms with Gasteiger partial charge in [-0.2, -0.15) is 0 Å². The Morgan fingerprint density at radius 1 is 1.15 bits per heavy atom. The van der Waals surface area contributed by atoms with Gasteiger partial charge in [-0.3, -0.25) is 4.90 Å². The molecule has 1 aromatic heterocycles. The molecule has 3 heterocycles. The Balaban J connectivity index is 1.42. The molecule has 20 heavy (non-hydrogen) atoms. The Hall–Kier alpha value is -1.32. The Morgan fingerprint density at radius 3 is 3.15 bits per heavy atom. The van der Waals surface area contributed by atoms with Crippen molar-refractivity contribution >= 4 is 10.9 Å². The van der Waals surface area contributed by atoms with Crippen molar-refractivity contribution in [2.75, 3.05) is 13.1 Å². The molecule has 2 aromatic rings. The van der Waals surface area contributed by atoms with Crippen molar-refractivity contribution in [1.29, 1.82) is 0 Å². The lowest BCUT2D eigenvalue weighted by Gasteiger charge is -2.32. The number of aromatic amines is 1. The summed E-state index contributed by atoms with van der Waals surface area (Å²) in [5, 5.41) is 5.12. The first-order chi connectivity index (χ1) is 9.90. The van der Waals surface area contributed by atoms with Crippen molar-refractivity contribution in [3.05, 3.63) is 36.0 Å². The average Bonchev–Trinajstić information content (AvgIpc) is 3.11. The van der Waals surface area contributed by atoms with Crippen molar-refractivity contribution in [3.63, 3.8) is 0 Å². The van der Waals surface area contributed by atoms with Crippen LogP contribution < -0.4 is 5.32 Å². The molecule has 2 fully saturated rings. The molecule has 0 radical (unpaired) electrons. The molecule has 0 bridgehead atoms. The van der Waals surface area contributed by atoms with E-state index < -0.39 is 0 Å². The highest BCUT2D eigenvalue weighted by molar-refractivity contribution is 5.79. The maximum atomic E-state index is 3.80. The SMILES string of the molecule is c1cc2cc(CNC3CCN4CCCCC34)ccc2[nH]1. The van der Waals surface area contributed by atoms with E-state index in [1.54, 1.807) is 0 Å². The van der Waals surface area contributed by atoms with E-state index in [1.807, 2.05) is 6.20 Å². The van der Waals surface area contributed by atoms with Gasteiger partial charge in [0.05, 0.1) is 0 Å². The van der Waals surface area contributed by atoms with Crippen molar-refractivity contribution < 1.29 is 0 Å². The van der Waals surface area contributed by atoms with Gasteiger partial charge < -0.3 is 10.3 Å². The molecular formula is C17H23N3. The molecular weight excluding hydrogens is 246 g/mol. The van der Waals surface area contributed by atoms with Gasteiger partial charge in [-0.1, -0.05) is 12.5 Å². The molecule has 0 saturated carbocycles. The second-order valence-electron chi connectivity index (χ2n) is 6.27. The van der Waals surface area contributed by atoms with Gasteiger partial charge in [-0.25, -0.2) is 0 Å². The maximum Gasteiger partial charge on any atom is 0.0454 e. The number of piperidine rings is 1. The lowest BCUT2D eigenvalue weighted by Crippen LogP contribution is -2.44. The molecule has 0 aliphatic carbocycles. The predicted octanol–water partition coefficient (Wildman–Crippen LogP) is 2.88. The monoisotopic (exact) mass is 269 g/mol. The summed E-state index contributed by atoms with van der Waals surface area (Å²) in [5.41, 5.74) is 2.62. The minimum Gasteiger partial charge on any atom is -0.361 e. The average molecular weight is 269 g/mol. The maximum absolute atomic E-state index is 3.80. The second kappa shape index (κ2) is 5.23. The number of rotatable bonds is 3. The lowest BCUT2D eigenvalue weighted by atomic mass is 9.99. The molecule has 2 atom stereocenters. The zero-order valence-corrected chi connectivity index (χ0v) is 11.9. The number of H-pyrrole nitrogens is 1.